The quantitative estimate of drug-likeness (QED) is 0.682. The predicted molar refractivity (Wildman–Crippen MR) is 66.7 cm³/mol. The monoisotopic (exact) mass is 234 g/mol. The molecule has 0 bridgehead atoms. The van der Waals surface area contributed by atoms with Crippen LogP contribution in [0.2, 0.25) is 0 Å². The lowest BCUT2D eigenvalue weighted by Gasteiger charge is -2.13. The van der Waals surface area contributed by atoms with Crippen molar-refractivity contribution in [1.82, 2.24) is 5.32 Å². The number of hydrogen-bond acceptors (Lipinski definition) is 3. The SMILES string of the molecule is Cc1ccc(C(=O)NCC2(CO)CC2)cc1N. The summed E-state index contributed by atoms with van der Waals surface area (Å²) < 4.78 is 0. The van der Waals surface area contributed by atoms with Gasteiger partial charge in [-0.2, -0.15) is 0 Å². The van der Waals surface area contributed by atoms with Crippen molar-refractivity contribution in [1.29, 1.82) is 0 Å². The topological polar surface area (TPSA) is 75.3 Å². The second-order valence-corrected chi connectivity index (χ2v) is 4.91. The van der Waals surface area contributed by atoms with Gasteiger partial charge in [0, 0.05) is 23.2 Å². The number of aliphatic hydroxyl groups is 1. The molecule has 2 rings (SSSR count). The molecular weight excluding hydrogens is 216 g/mol. The zero-order chi connectivity index (χ0) is 12.5. The molecule has 0 unspecified atom stereocenters. The van der Waals surface area contributed by atoms with Crippen molar-refractivity contribution >= 4 is 11.6 Å². The Kier molecular flexibility index (Phi) is 3.07. The molecule has 0 aromatic heterocycles. The highest BCUT2D eigenvalue weighted by Crippen LogP contribution is 2.44. The zero-order valence-corrected chi connectivity index (χ0v) is 9.99. The third-order valence-corrected chi connectivity index (χ3v) is 3.46. The van der Waals surface area contributed by atoms with E-state index in [1.165, 1.54) is 0 Å². The molecule has 1 fully saturated rings. The summed E-state index contributed by atoms with van der Waals surface area (Å²) in [5.74, 6) is -0.128. The van der Waals surface area contributed by atoms with Gasteiger partial charge in [0.25, 0.3) is 5.91 Å². The molecule has 0 radical (unpaired) electrons. The molecule has 1 aliphatic carbocycles. The molecule has 4 N–H and O–H groups in total. The normalized spacial score (nSPS) is 16.6. The average molecular weight is 234 g/mol. The summed E-state index contributed by atoms with van der Waals surface area (Å²) in [4.78, 5) is 11.9. The lowest BCUT2D eigenvalue weighted by atomic mass is 10.1. The van der Waals surface area contributed by atoms with Crippen LogP contribution in [0.5, 0.6) is 0 Å². The van der Waals surface area contributed by atoms with Crippen LogP contribution in [0.1, 0.15) is 28.8 Å². The molecular formula is C13H18N2O2. The molecule has 1 aliphatic rings. The third kappa shape index (κ3) is 2.58. The Labute approximate surface area is 101 Å². The van der Waals surface area contributed by atoms with Gasteiger partial charge in [0.15, 0.2) is 0 Å². The second-order valence-electron chi connectivity index (χ2n) is 4.91. The standard InChI is InChI=1S/C13H18N2O2/c1-9-2-3-10(6-11(9)14)12(17)15-7-13(8-16)4-5-13/h2-3,6,16H,4-5,7-8,14H2,1H3,(H,15,17). The summed E-state index contributed by atoms with van der Waals surface area (Å²) in [7, 11) is 0. The Morgan fingerprint density at radius 2 is 2.24 bits per heavy atom. The summed E-state index contributed by atoms with van der Waals surface area (Å²) in [6, 6.07) is 5.28. The fourth-order valence-corrected chi connectivity index (χ4v) is 1.72. The van der Waals surface area contributed by atoms with E-state index >= 15 is 0 Å². The van der Waals surface area contributed by atoms with Crippen LogP contribution in [0.4, 0.5) is 5.69 Å². The minimum absolute atomic E-state index is 0.0636. The summed E-state index contributed by atoms with van der Waals surface area (Å²) in [6.07, 6.45) is 1.97. The highest BCUT2D eigenvalue weighted by atomic mass is 16.3. The van der Waals surface area contributed by atoms with Gasteiger partial charge in [0.1, 0.15) is 0 Å². The Bertz CT molecular complexity index is 439. The maximum Gasteiger partial charge on any atom is 0.251 e. The van der Waals surface area contributed by atoms with Crippen molar-refractivity contribution in [2.45, 2.75) is 19.8 Å². The minimum Gasteiger partial charge on any atom is -0.398 e. The summed E-state index contributed by atoms with van der Waals surface area (Å²) in [6.45, 7) is 2.58. The van der Waals surface area contributed by atoms with E-state index < -0.39 is 0 Å². The first-order valence-corrected chi connectivity index (χ1v) is 5.81. The van der Waals surface area contributed by atoms with Crippen molar-refractivity contribution in [3.05, 3.63) is 29.3 Å². The van der Waals surface area contributed by atoms with E-state index in [1.54, 1.807) is 12.1 Å². The Morgan fingerprint density at radius 3 is 2.76 bits per heavy atom. The van der Waals surface area contributed by atoms with Crippen LogP contribution < -0.4 is 11.1 Å². The number of anilines is 1. The van der Waals surface area contributed by atoms with Crippen LogP contribution in [0, 0.1) is 12.3 Å². The van der Waals surface area contributed by atoms with Crippen LogP contribution in [-0.4, -0.2) is 24.2 Å². The van der Waals surface area contributed by atoms with E-state index in [2.05, 4.69) is 5.32 Å². The Balaban J connectivity index is 1.97. The first-order chi connectivity index (χ1) is 8.06. The zero-order valence-electron chi connectivity index (χ0n) is 9.99. The van der Waals surface area contributed by atoms with Crippen molar-refractivity contribution < 1.29 is 9.90 Å². The molecule has 92 valence electrons. The number of nitrogens with two attached hydrogens (primary N) is 1. The second kappa shape index (κ2) is 4.37. The number of aliphatic hydroxyl groups excluding tert-OH is 1. The van der Waals surface area contributed by atoms with E-state index in [0.717, 1.165) is 18.4 Å². The molecule has 1 saturated carbocycles. The molecule has 0 aliphatic heterocycles. The number of rotatable bonds is 4. The molecule has 0 saturated heterocycles. The fourth-order valence-electron chi connectivity index (χ4n) is 1.72. The number of nitrogens with one attached hydrogen (secondary N) is 1. The van der Waals surface area contributed by atoms with Gasteiger partial charge >= 0.3 is 0 Å². The molecule has 4 nitrogen and oxygen atoms in total. The average Bonchev–Trinajstić information content (AvgIpc) is 3.10. The molecule has 4 heteroatoms. The van der Waals surface area contributed by atoms with E-state index in [-0.39, 0.29) is 17.9 Å². The molecule has 0 spiro atoms. The highest BCUT2D eigenvalue weighted by Gasteiger charge is 2.42. The van der Waals surface area contributed by atoms with Gasteiger partial charge in [-0.1, -0.05) is 6.07 Å². The number of benzene rings is 1. The van der Waals surface area contributed by atoms with E-state index in [4.69, 9.17) is 10.8 Å². The number of aryl methyl sites for hydroxylation is 1. The number of nitrogen functional groups attached to an aromatic ring is 1. The number of carbonyl (C=O) groups is 1. The van der Waals surface area contributed by atoms with E-state index in [1.807, 2.05) is 13.0 Å². The van der Waals surface area contributed by atoms with Gasteiger partial charge in [-0.3, -0.25) is 4.79 Å². The van der Waals surface area contributed by atoms with Crippen LogP contribution in [0.3, 0.4) is 0 Å². The number of hydrogen-bond donors (Lipinski definition) is 3. The molecule has 17 heavy (non-hydrogen) atoms. The molecule has 1 aromatic carbocycles. The number of carbonyl (C=O) groups excluding carboxylic acids is 1. The Hall–Kier alpha value is -1.55. The van der Waals surface area contributed by atoms with Crippen molar-refractivity contribution in [3.63, 3.8) is 0 Å². The molecule has 0 heterocycles. The smallest absolute Gasteiger partial charge is 0.251 e. The number of amides is 1. The predicted octanol–water partition coefficient (Wildman–Crippen LogP) is 1.08. The molecule has 1 aromatic rings. The minimum atomic E-state index is -0.128. The first kappa shape index (κ1) is 11.9. The summed E-state index contributed by atoms with van der Waals surface area (Å²) >= 11 is 0. The Morgan fingerprint density at radius 1 is 1.53 bits per heavy atom. The van der Waals surface area contributed by atoms with Crippen molar-refractivity contribution in [2.75, 3.05) is 18.9 Å². The largest absolute Gasteiger partial charge is 0.398 e. The molecule has 0 atom stereocenters. The van der Waals surface area contributed by atoms with Crippen LogP contribution in [-0.2, 0) is 0 Å². The maximum atomic E-state index is 11.9. The van der Waals surface area contributed by atoms with Gasteiger partial charge in [0.05, 0.1) is 6.61 Å². The summed E-state index contributed by atoms with van der Waals surface area (Å²) in [5, 5.41) is 12.0. The lowest BCUT2D eigenvalue weighted by molar-refractivity contribution is 0.0935. The van der Waals surface area contributed by atoms with Gasteiger partial charge in [0.2, 0.25) is 0 Å². The summed E-state index contributed by atoms with van der Waals surface area (Å²) in [5.41, 5.74) is 7.86. The maximum absolute atomic E-state index is 11.9. The van der Waals surface area contributed by atoms with Crippen LogP contribution in [0.25, 0.3) is 0 Å². The van der Waals surface area contributed by atoms with Gasteiger partial charge in [-0.15, -0.1) is 0 Å². The van der Waals surface area contributed by atoms with Gasteiger partial charge < -0.3 is 16.2 Å². The van der Waals surface area contributed by atoms with E-state index in [9.17, 15) is 4.79 Å². The molecule has 1 amide bonds. The highest BCUT2D eigenvalue weighted by molar-refractivity contribution is 5.95. The van der Waals surface area contributed by atoms with Crippen LogP contribution in [0.15, 0.2) is 18.2 Å². The first-order valence-electron chi connectivity index (χ1n) is 5.81. The fraction of sp³-hybridized carbons (Fsp3) is 0.462. The lowest BCUT2D eigenvalue weighted by Crippen LogP contribution is -2.31. The van der Waals surface area contributed by atoms with Crippen molar-refractivity contribution in [2.24, 2.45) is 5.41 Å². The van der Waals surface area contributed by atoms with Crippen molar-refractivity contribution in [3.8, 4) is 0 Å². The van der Waals surface area contributed by atoms with Gasteiger partial charge in [-0.25, -0.2) is 0 Å². The van der Waals surface area contributed by atoms with Crippen LogP contribution >= 0.6 is 0 Å². The third-order valence-electron chi connectivity index (χ3n) is 3.46. The van der Waals surface area contributed by atoms with Gasteiger partial charge in [-0.05, 0) is 37.5 Å². The van der Waals surface area contributed by atoms with E-state index in [0.29, 0.717) is 17.8 Å².